The number of benzene rings is 2. The molecule has 0 spiro atoms. The molecule has 25 heavy (non-hydrogen) atoms. The summed E-state index contributed by atoms with van der Waals surface area (Å²) in [5.41, 5.74) is 2.98. The molecule has 0 saturated heterocycles. The van der Waals surface area contributed by atoms with Gasteiger partial charge in [-0.25, -0.2) is 0 Å². The maximum absolute atomic E-state index is 13.0. The van der Waals surface area contributed by atoms with Crippen molar-refractivity contribution in [2.45, 2.75) is 26.4 Å². The highest BCUT2D eigenvalue weighted by Gasteiger charge is 2.18. The van der Waals surface area contributed by atoms with E-state index in [0.29, 0.717) is 23.7 Å². The van der Waals surface area contributed by atoms with Crippen molar-refractivity contribution in [1.82, 2.24) is 4.90 Å². The Hall–Kier alpha value is -2.52. The molecule has 3 nitrogen and oxygen atoms in total. The zero-order valence-corrected chi connectivity index (χ0v) is 14.9. The predicted octanol–water partition coefficient (Wildman–Crippen LogP) is 5.34. The Kier molecular flexibility index (Phi) is 5.56. The van der Waals surface area contributed by atoms with Crippen LogP contribution < -0.4 is 0 Å². The molecule has 0 saturated carbocycles. The van der Waals surface area contributed by atoms with Crippen LogP contribution in [0.3, 0.4) is 0 Å². The molecule has 0 radical (unpaired) electrons. The summed E-state index contributed by atoms with van der Waals surface area (Å²) in [5, 5.41) is 0.615. The molecular weight excluding hydrogens is 334 g/mol. The molecule has 0 atom stereocenters. The van der Waals surface area contributed by atoms with Crippen LogP contribution >= 0.6 is 11.6 Å². The van der Waals surface area contributed by atoms with Gasteiger partial charge in [-0.2, -0.15) is 0 Å². The van der Waals surface area contributed by atoms with Gasteiger partial charge in [0, 0.05) is 17.1 Å². The van der Waals surface area contributed by atoms with Gasteiger partial charge < -0.3 is 9.32 Å². The van der Waals surface area contributed by atoms with Gasteiger partial charge in [-0.05, 0) is 53.9 Å². The summed E-state index contributed by atoms with van der Waals surface area (Å²) in [6.45, 7) is 3.07. The predicted molar refractivity (Wildman–Crippen MR) is 99.6 cm³/mol. The molecule has 0 bridgehead atoms. The van der Waals surface area contributed by atoms with Gasteiger partial charge in [0.05, 0.1) is 12.8 Å². The molecule has 0 fully saturated rings. The Morgan fingerprint density at radius 3 is 2.24 bits per heavy atom. The highest BCUT2D eigenvalue weighted by molar-refractivity contribution is 6.30. The number of aryl methyl sites for hydroxylation is 1. The number of nitrogens with zero attached hydrogens (tertiary/aromatic N) is 1. The van der Waals surface area contributed by atoms with E-state index in [1.807, 2.05) is 12.1 Å². The number of halogens is 1. The Bertz CT molecular complexity index is 808. The number of furan rings is 1. The van der Waals surface area contributed by atoms with Crippen LogP contribution in [0.1, 0.15) is 34.2 Å². The van der Waals surface area contributed by atoms with Crippen LogP contribution in [0, 0.1) is 0 Å². The van der Waals surface area contributed by atoms with E-state index in [-0.39, 0.29) is 5.91 Å². The van der Waals surface area contributed by atoms with Gasteiger partial charge >= 0.3 is 0 Å². The van der Waals surface area contributed by atoms with Crippen molar-refractivity contribution < 1.29 is 9.21 Å². The minimum absolute atomic E-state index is 0.0485. The minimum Gasteiger partial charge on any atom is -0.467 e. The molecule has 1 aromatic heterocycles. The summed E-state index contributed by atoms with van der Waals surface area (Å²) >= 11 is 5.93. The summed E-state index contributed by atoms with van der Waals surface area (Å²) in [7, 11) is 0. The average molecular weight is 354 g/mol. The van der Waals surface area contributed by atoms with Crippen LogP contribution in [0.25, 0.3) is 0 Å². The first-order chi connectivity index (χ1) is 12.2. The van der Waals surface area contributed by atoms with E-state index in [4.69, 9.17) is 16.0 Å². The number of carbonyl (C=O) groups excluding carboxylic acids is 1. The average Bonchev–Trinajstić information content (AvgIpc) is 3.15. The van der Waals surface area contributed by atoms with Gasteiger partial charge in [0.15, 0.2) is 0 Å². The lowest BCUT2D eigenvalue weighted by molar-refractivity contribution is 0.0717. The second-order valence-electron chi connectivity index (χ2n) is 5.92. The van der Waals surface area contributed by atoms with Gasteiger partial charge in [0.25, 0.3) is 5.91 Å². The molecule has 4 heteroatoms. The lowest BCUT2D eigenvalue weighted by Gasteiger charge is -2.22. The van der Waals surface area contributed by atoms with Crippen LogP contribution in [0.5, 0.6) is 0 Å². The molecule has 1 heterocycles. The fourth-order valence-electron chi connectivity index (χ4n) is 2.67. The lowest BCUT2D eigenvalue weighted by Crippen LogP contribution is -2.30. The summed E-state index contributed by atoms with van der Waals surface area (Å²) in [5.74, 6) is 0.708. The van der Waals surface area contributed by atoms with Crippen LogP contribution in [0.15, 0.2) is 71.3 Å². The SMILES string of the molecule is CCc1ccc(CN(Cc2ccco2)C(=O)c2ccc(Cl)cc2)cc1. The van der Waals surface area contributed by atoms with Gasteiger partial charge in [-0.3, -0.25) is 4.79 Å². The third-order valence-corrected chi connectivity index (χ3v) is 4.36. The largest absolute Gasteiger partial charge is 0.467 e. The molecule has 0 aliphatic rings. The van der Waals surface area contributed by atoms with Crippen LogP contribution in [-0.4, -0.2) is 10.8 Å². The van der Waals surface area contributed by atoms with Crippen LogP contribution in [-0.2, 0) is 19.5 Å². The molecule has 3 rings (SSSR count). The standard InChI is InChI=1S/C21H20ClNO2/c1-2-16-5-7-17(8-6-16)14-23(15-20-4-3-13-25-20)21(24)18-9-11-19(22)12-10-18/h3-13H,2,14-15H2,1H3. The topological polar surface area (TPSA) is 33.5 Å². The van der Waals surface area contributed by atoms with Crippen LogP contribution in [0.4, 0.5) is 0 Å². The van der Waals surface area contributed by atoms with Crippen molar-refractivity contribution in [3.8, 4) is 0 Å². The second-order valence-corrected chi connectivity index (χ2v) is 6.35. The zero-order chi connectivity index (χ0) is 17.6. The summed E-state index contributed by atoms with van der Waals surface area (Å²) in [6.07, 6.45) is 2.62. The Morgan fingerprint density at radius 1 is 0.960 bits per heavy atom. The maximum atomic E-state index is 13.0. The molecular formula is C21H20ClNO2. The first-order valence-electron chi connectivity index (χ1n) is 8.30. The van der Waals surface area contributed by atoms with E-state index in [9.17, 15) is 4.79 Å². The summed E-state index contributed by atoms with van der Waals surface area (Å²) in [4.78, 5) is 14.7. The van der Waals surface area contributed by atoms with E-state index >= 15 is 0 Å². The summed E-state index contributed by atoms with van der Waals surface area (Å²) in [6, 6.07) is 19.0. The van der Waals surface area contributed by atoms with Crippen LogP contribution in [0.2, 0.25) is 5.02 Å². The molecule has 0 N–H and O–H groups in total. The Morgan fingerprint density at radius 2 is 1.64 bits per heavy atom. The van der Waals surface area contributed by atoms with Gasteiger partial charge in [0.1, 0.15) is 5.76 Å². The molecule has 2 aromatic carbocycles. The third-order valence-electron chi connectivity index (χ3n) is 4.11. The minimum atomic E-state index is -0.0485. The number of carbonyl (C=O) groups is 1. The van der Waals surface area contributed by atoms with E-state index in [0.717, 1.165) is 17.7 Å². The normalized spacial score (nSPS) is 10.6. The number of hydrogen-bond acceptors (Lipinski definition) is 2. The van der Waals surface area contributed by atoms with E-state index < -0.39 is 0 Å². The summed E-state index contributed by atoms with van der Waals surface area (Å²) < 4.78 is 5.43. The van der Waals surface area contributed by atoms with Gasteiger partial charge in [-0.1, -0.05) is 42.8 Å². The molecule has 0 aliphatic heterocycles. The van der Waals surface area contributed by atoms with Crippen molar-refractivity contribution in [2.75, 3.05) is 0 Å². The first-order valence-corrected chi connectivity index (χ1v) is 8.68. The molecule has 0 aliphatic carbocycles. The van der Waals surface area contributed by atoms with Gasteiger partial charge in [-0.15, -0.1) is 0 Å². The fourth-order valence-corrected chi connectivity index (χ4v) is 2.79. The van der Waals surface area contributed by atoms with E-state index in [1.165, 1.54) is 5.56 Å². The first kappa shape index (κ1) is 17.3. The zero-order valence-electron chi connectivity index (χ0n) is 14.1. The number of amides is 1. The van der Waals surface area contributed by atoms with Crippen molar-refractivity contribution in [3.05, 3.63) is 94.4 Å². The molecule has 0 unspecified atom stereocenters. The van der Waals surface area contributed by atoms with Gasteiger partial charge in [0.2, 0.25) is 0 Å². The molecule has 128 valence electrons. The van der Waals surface area contributed by atoms with E-state index in [1.54, 1.807) is 35.4 Å². The van der Waals surface area contributed by atoms with Crippen molar-refractivity contribution >= 4 is 17.5 Å². The highest BCUT2D eigenvalue weighted by Crippen LogP contribution is 2.17. The Labute approximate surface area is 152 Å². The maximum Gasteiger partial charge on any atom is 0.254 e. The number of rotatable bonds is 6. The molecule has 3 aromatic rings. The molecule has 1 amide bonds. The van der Waals surface area contributed by atoms with Crippen molar-refractivity contribution in [2.24, 2.45) is 0 Å². The fraction of sp³-hybridized carbons (Fsp3) is 0.190. The highest BCUT2D eigenvalue weighted by atomic mass is 35.5. The smallest absolute Gasteiger partial charge is 0.254 e. The monoisotopic (exact) mass is 353 g/mol. The van der Waals surface area contributed by atoms with Crippen molar-refractivity contribution in [3.63, 3.8) is 0 Å². The van der Waals surface area contributed by atoms with Crippen molar-refractivity contribution in [1.29, 1.82) is 0 Å². The third kappa shape index (κ3) is 4.52. The number of hydrogen-bond donors (Lipinski definition) is 0. The second kappa shape index (κ2) is 8.04. The van der Waals surface area contributed by atoms with E-state index in [2.05, 4.69) is 31.2 Å². The lowest BCUT2D eigenvalue weighted by atomic mass is 10.1. The Balaban J connectivity index is 1.83. The quantitative estimate of drug-likeness (QED) is 0.599.